The first-order valence-electron chi connectivity index (χ1n) is 29.8. The number of rotatable bonds is 33. The first-order chi connectivity index (χ1) is 39.6. The number of anilines is 1. The maximum absolute atomic E-state index is 14.7. The molecular weight excluding hydrogens is 1100 g/mol. The second-order valence-corrected chi connectivity index (χ2v) is 24.8. The van der Waals surface area contributed by atoms with E-state index in [9.17, 15) is 53.1 Å². The van der Waals surface area contributed by atoms with Gasteiger partial charge >= 0.3 is 18.0 Å². The molecule has 1 aromatic heterocycles. The number of ether oxygens (including phenoxy) is 2. The number of hydrogen-bond donors (Lipinski definition) is 6. The number of esters is 1. The third-order valence-corrected chi connectivity index (χ3v) is 16.6. The molecule has 2 aliphatic rings. The van der Waals surface area contributed by atoms with Crippen LogP contribution in [-0.2, 0) is 54.3 Å². The quantitative estimate of drug-likeness (QED) is 0.0230. The molecule has 1 saturated heterocycles. The van der Waals surface area contributed by atoms with Gasteiger partial charge in [-0.05, 0) is 142 Å². The van der Waals surface area contributed by atoms with E-state index in [1.165, 1.54) is 19.1 Å². The minimum atomic E-state index is -1.05. The molecular formula is C61H93N9O13S. The van der Waals surface area contributed by atoms with E-state index in [2.05, 4.69) is 36.5 Å². The number of alkyl carbamates (subject to hydrolysis) is 1. The van der Waals surface area contributed by atoms with Gasteiger partial charge in [-0.2, -0.15) is 0 Å². The summed E-state index contributed by atoms with van der Waals surface area (Å²) in [4.78, 5) is 140. The first kappa shape index (κ1) is 69.7. The Morgan fingerprint density at radius 2 is 1.56 bits per heavy atom. The Hall–Kier alpha value is -6.75. The molecule has 0 bridgehead atoms. The van der Waals surface area contributed by atoms with Crippen LogP contribution in [0.15, 0.2) is 41.8 Å². The molecule has 23 heteroatoms. The highest BCUT2D eigenvalue weighted by Gasteiger charge is 2.43. The lowest BCUT2D eigenvalue weighted by Gasteiger charge is -2.43. The maximum atomic E-state index is 14.7. The van der Waals surface area contributed by atoms with E-state index in [1.54, 1.807) is 62.2 Å². The predicted molar refractivity (Wildman–Crippen MR) is 319 cm³/mol. The molecule has 2 aliphatic heterocycles. The molecule has 1 fully saturated rings. The van der Waals surface area contributed by atoms with Crippen molar-refractivity contribution in [2.24, 2.45) is 17.8 Å². The number of likely N-dealkylation sites (tertiary alicyclic amines) is 1. The Morgan fingerprint density at radius 3 is 2.15 bits per heavy atom. The number of likely N-dealkylation sites (N-methyl/N-ethyl adjacent to an activating group) is 2. The van der Waals surface area contributed by atoms with E-state index in [4.69, 9.17) is 9.47 Å². The second-order valence-electron chi connectivity index (χ2n) is 23.9. The van der Waals surface area contributed by atoms with Crippen molar-refractivity contribution in [3.8, 4) is 0 Å². The summed E-state index contributed by atoms with van der Waals surface area (Å²) in [5, 5.41) is 26.3. The minimum absolute atomic E-state index is 0.0232. The van der Waals surface area contributed by atoms with E-state index in [0.29, 0.717) is 67.7 Å². The van der Waals surface area contributed by atoms with E-state index in [0.717, 1.165) is 35.6 Å². The molecule has 3 heterocycles. The minimum Gasteiger partial charge on any atom is -0.481 e. The lowest BCUT2D eigenvalue weighted by atomic mass is 9.86. The predicted octanol–water partition coefficient (Wildman–Crippen LogP) is 7.47. The number of hydrogen-bond acceptors (Lipinski definition) is 15. The highest BCUT2D eigenvalue weighted by molar-refractivity contribution is 7.09. The van der Waals surface area contributed by atoms with Crippen LogP contribution in [0.3, 0.4) is 0 Å². The molecule has 0 radical (unpaired) electrons. The third kappa shape index (κ3) is 21.7. The zero-order chi connectivity index (χ0) is 62.5. The fourth-order valence-electron chi connectivity index (χ4n) is 10.3. The summed E-state index contributed by atoms with van der Waals surface area (Å²) in [6.07, 6.45) is 7.43. The van der Waals surface area contributed by atoms with Gasteiger partial charge in [-0.3, -0.25) is 53.0 Å². The van der Waals surface area contributed by atoms with E-state index < -0.39 is 77.2 Å². The molecule has 466 valence electrons. The summed E-state index contributed by atoms with van der Waals surface area (Å²) in [5.41, 5.74) is -0.282. The van der Waals surface area contributed by atoms with Crippen LogP contribution in [0.25, 0.3) is 0 Å². The van der Waals surface area contributed by atoms with Crippen molar-refractivity contribution in [1.29, 1.82) is 0 Å². The summed E-state index contributed by atoms with van der Waals surface area (Å²) in [6.45, 7) is 21.4. The van der Waals surface area contributed by atoms with Gasteiger partial charge in [-0.1, -0.05) is 59.6 Å². The van der Waals surface area contributed by atoms with Gasteiger partial charge in [0.2, 0.25) is 23.6 Å². The molecule has 1 aromatic carbocycles. The van der Waals surface area contributed by atoms with Crippen LogP contribution < -0.4 is 26.6 Å². The molecule has 8 atom stereocenters. The van der Waals surface area contributed by atoms with Crippen molar-refractivity contribution in [2.45, 2.75) is 207 Å². The normalized spacial score (nSPS) is 17.9. The number of unbranched alkanes of at least 4 members (excludes halogenated alkanes) is 3. The smallest absolute Gasteiger partial charge is 0.407 e. The number of thiazole rings is 1. The molecule has 2 aromatic rings. The zero-order valence-corrected chi connectivity index (χ0v) is 52.2. The maximum Gasteiger partial charge on any atom is 0.407 e. The van der Waals surface area contributed by atoms with E-state index >= 15 is 0 Å². The first-order valence-corrected chi connectivity index (χ1v) is 30.6. The molecule has 0 aliphatic carbocycles. The van der Waals surface area contributed by atoms with Crippen LogP contribution >= 0.6 is 11.3 Å². The zero-order valence-electron chi connectivity index (χ0n) is 51.4. The Bertz CT molecular complexity index is 2600. The molecule has 84 heavy (non-hydrogen) atoms. The van der Waals surface area contributed by atoms with Gasteiger partial charge in [0.15, 0.2) is 6.10 Å². The molecule has 1 unspecified atom stereocenters. The standard InChI is InChI=1S/C61H93N9O13S/c1-13-39(5)52(67-58(80)61(11)30-18-21-32-68(61)12)56(77)69(14-2)47(38(3)4)36-48(82-41(7)71)55-66-46(37-84-55)54(76)64-44(34-40(6)57(78)79)35-42-24-26-43(27-25-42)63-53(75)45(22-17-19-31-62-59(81)83-60(8,9)10)65-49(72)23-16-15-20-33-70-50(73)28-29-51(70)74/h24-29,37-40,44-45,47-48,52H,13-23,30-36H2,1-12H3,(H,62,81)(H,63,75)(H,64,76)(H,65,72)(H,67,80)(H,78,79)/t39-,40-,44+,45-,47+,48+,52-,61?/m0/s1. The van der Waals surface area contributed by atoms with Crippen LogP contribution in [0.2, 0.25) is 0 Å². The van der Waals surface area contributed by atoms with Crippen molar-refractivity contribution < 1.29 is 62.5 Å². The summed E-state index contributed by atoms with van der Waals surface area (Å²) < 4.78 is 11.2. The summed E-state index contributed by atoms with van der Waals surface area (Å²) >= 11 is 1.12. The molecule has 6 N–H and O–H groups in total. The fourth-order valence-corrected chi connectivity index (χ4v) is 11.1. The van der Waals surface area contributed by atoms with Crippen LogP contribution in [0.5, 0.6) is 0 Å². The number of imide groups is 1. The number of aromatic nitrogens is 1. The van der Waals surface area contributed by atoms with Gasteiger partial charge in [0, 0.05) is 74.7 Å². The SMILES string of the molecule is CC[C@H](C)[C@H](NC(=O)C1(C)CCCCN1C)C(=O)N(CC)[C@H](C[C@@H](OC(C)=O)c1nc(C(=O)N[C@@H](Cc2ccc(NC(=O)[C@H](CCCCNC(=O)OC(C)(C)C)NC(=O)CCCCCN3C(=O)C=CC3=O)cc2)C[C@H](C)C(=O)O)cs1)C(C)C. The Balaban J connectivity index is 1.46. The fraction of sp³-hybridized carbons (Fsp3) is 0.656. The van der Waals surface area contributed by atoms with E-state index in [-0.39, 0.29) is 92.3 Å². The highest BCUT2D eigenvalue weighted by atomic mass is 32.1. The summed E-state index contributed by atoms with van der Waals surface area (Å²) in [5.74, 6) is -5.37. The molecule has 0 spiro atoms. The number of piperidine rings is 1. The van der Waals surface area contributed by atoms with Gasteiger partial charge in [0.1, 0.15) is 28.4 Å². The molecule has 8 amide bonds. The van der Waals surface area contributed by atoms with Crippen molar-refractivity contribution in [1.82, 2.24) is 41.0 Å². The Morgan fingerprint density at radius 1 is 0.881 bits per heavy atom. The van der Waals surface area contributed by atoms with Gasteiger partial charge < -0.3 is 46.1 Å². The molecule has 0 saturated carbocycles. The van der Waals surface area contributed by atoms with Crippen LogP contribution in [0, 0.1) is 17.8 Å². The number of carbonyl (C=O) groups is 10. The molecule has 4 rings (SSSR count). The number of aliphatic carboxylic acids is 1. The van der Waals surface area contributed by atoms with Crippen LogP contribution in [0.1, 0.15) is 187 Å². The van der Waals surface area contributed by atoms with Crippen molar-refractivity contribution in [3.63, 3.8) is 0 Å². The number of carbonyl (C=O) groups excluding carboxylic acids is 9. The number of benzene rings is 1. The number of carboxylic acids is 1. The number of carboxylic acid groups (broad SMARTS) is 1. The lowest BCUT2D eigenvalue weighted by Crippen LogP contribution is -2.63. The summed E-state index contributed by atoms with van der Waals surface area (Å²) in [6, 6.07) is 3.90. The number of nitrogens with one attached hydrogen (secondary N) is 5. The monoisotopic (exact) mass is 1190 g/mol. The van der Waals surface area contributed by atoms with Crippen molar-refractivity contribution >= 4 is 76.4 Å². The highest BCUT2D eigenvalue weighted by Crippen LogP contribution is 2.33. The average molecular weight is 1190 g/mol. The van der Waals surface area contributed by atoms with Crippen LogP contribution in [-0.4, -0.2) is 153 Å². The second kappa shape index (κ2) is 33.1. The lowest BCUT2D eigenvalue weighted by molar-refractivity contribution is -0.150. The third-order valence-electron chi connectivity index (χ3n) is 15.6. The molecule has 22 nitrogen and oxygen atoms in total. The average Bonchev–Trinajstić information content (AvgIpc) is 3.31. The Labute approximate surface area is 499 Å². The van der Waals surface area contributed by atoms with Crippen LogP contribution in [0.4, 0.5) is 10.5 Å². The van der Waals surface area contributed by atoms with E-state index in [1.807, 2.05) is 48.6 Å². The van der Waals surface area contributed by atoms with Gasteiger partial charge in [0.05, 0.1) is 11.5 Å². The van der Waals surface area contributed by atoms with Gasteiger partial charge in [-0.25, -0.2) is 9.78 Å². The van der Waals surface area contributed by atoms with Crippen molar-refractivity contribution in [3.05, 3.63) is 58.1 Å². The largest absolute Gasteiger partial charge is 0.481 e. The topological polar surface area (TPSA) is 292 Å². The summed E-state index contributed by atoms with van der Waals surface area (Å²) in [7, 11) is 1.93. The van der Waals surface area contributed by atoms with Gasteiger partial charge in [-0.15, -0.1) is 11.3 Å². The van der Waals surface area contributed by atoms with Gasteiger partial charge in [0.25, 0.3) is 17.7 Å². The number of amides is 8. The number of nitrogens with zero attached hydrogens (tertiary/aromatic N) is 4. The Kier molecular flexibility index (Phi) is 27.5. The van der Waals surface area contributed by atoms with Crippen molar-refractivity contribution in [2.75, 3.05) is 38.5 Å².